The molecule has 0 bridgehead atoms. The summed E-state index contributed by atoms with van der Waals surface area (Å²) in [7, 11) is 0. The van der Waals surface area contributed by atoms with E-state index in [9.17, 15) is 9.90 Å². The van der Waals surface area contributed by atoms with E-state index in [0.29, 0.717) is 5.56 Å². The maximum absolute atomic E-state index is 12.1. The van der Waals surface area contributed by atoms with E-state index in [1.165, 1.54) is 0 Å². The molecule has 1 aromatic rings. The maximum Gasteiger partial charge on any atom is 0.251 e. The lowest BCUT2D eigenvalue weighted by molar-refractivity contribution is 0.0717. The predicted molar refractivity (Wildman–Crippen MR) is 77.6 cm³/mol. The fourth-order valence-corrected chi connectivity index (χ4v) is 3.51. The molecular formula is C13H15Br2NO2. The fourth-order valence-electron chi connectivity index (χ4n) is 2.22. The van der Waals surface area contributed by atoms with E-state index < -0.39 is 6.10 Å². The number of amides is 1. The average molecular weight is 377 g/mol. The van der Waals surface area contributed by atoms with Gasteiger partial charge in [-0.1, -0.05) is 44.7 Å². The Kier molecular flexibility index (Phi) is 4.81. The second-order valence-corrected chi connectivity index (χ2v) is 6.42. The van der Waals surface area contributed by atoms with E-state index >= 15 is 0 Å². The molecular weight excluding hydrogens is 362 g/mol. The quantitative estimate of drug-likeness (QED) is 0.832. The van der Waals surface area contributed by atoms with Gasteiger partial charge in [-0.25, -0.2) is 0 Å². The Hall–Kier alpha value is -0.390. The van der Waals surface area contributed by atoms with E-state index in [1.54, 1.807) is 12.1 Å². The van der Waals surface area contributed by atoms with E-state index in [-0.39, 0.29) is 11.9 Å². The molecule has 1 saturated carbocycles. The van der Waals surface area contributed by atoms with Crippen molar-refractivity contribution in [3.63, 3.8) is 0 Å². The average Bonchev–Trinajstić information content (AvgIpc) is 2.31. The monoisotopic (exact) mass is 375 g/mol. The van der Waals surface area contributed by atoms with E-state index in [2.05, 4.69) is 37.2 Å². The van der Waals surface area contributed by atoms with Crippen LogP contribution in [0.2, 0.25) is 0 Å². The number of halogens is 2. The molecule has 0 spiro atoms. The van der Waals surface area contributed by atoms with Crippen LogP contribution in [0.4, 0.5) is 0 Å². The largest absolute Gasteiger partial charge is 0.391 e. The second kappa shape index (κ2) is 6.17. The summed E-state index contributed by atoms with van der Waals surface area (Å²) in [6, 6.07) is 5.31. The van der Waals surface area contributed by atoms with Crippen LogP contribution in [0.3, 0.4) is 0 Å². The standard InChI is InChI=1S/C13H15Br2NO2/c14-9-5-8(6-10(15)7-9)13(18)16-11-3-1-2-4-12(11)17/h5-7,11-12,17H,1-4H2,(H,16,18)/t11-,12-/m1/s1. The first-order valence-corrected chi connectivity index (χ1v) is 7.60. The SMILES string of the molecule is O=C(N[C@@H]1CCCC[C@H]1O)c1cc(Br)cc(Br)c1. The number of nitrogens with one attached hydrogen (secondary N) is 1. The minimum absolute atomic E-state index is 0.121. The maximum atomic E-state index is 12.1. The highest BCUT2D eigenvalue weighted by Crippen LogP contribution is 2.22. The summed E-state index contributed by atoms with van der Waals surface area (Å²) in [5.74, 6) is -0.136. The van der Waals surface area contributed by atoms with E-state index in [1.807, 2.05) is 6.07 Å². The molecule has 1 amide bonds. The smallest absolute Gasteiger partial charge is 0.251 e. The van der Waals surface area contributed by atoms with Gasteiger partial charge in [-0.05, 0) is 31.0 Å². The molecule has 0 aromatic heterocycles. The molecule has 0 heterocycles. The topological polar surface area (TPSA) is 49.3 Å². The highest BCUT2D eigenvalue weighted by Gasteiger charge is 2.24. The Balaban J connectivity index is 2.06. The lowest BCUT2D eigenvalue weighted by atomic mass is 9.92. The number of carbonyl (C=O) groups is 1. The van der Waals surface area contributed by atoms with Crippen molar-refractivity contribution < 1.29 is 9.90 Å². The third-order valence-electron chi connectivity index (χ3n) is 3.17. The summed E-state index contributed by atoms with van der Waals surface area (Å²) in [5.41, 5.74) is 0.592. The van der Waals surface area contributed by atoms with E-state index in [0.717, 1.165) is 34.6 Å². The lowest BCUT2D eigenvalue weighted by Gasteiger charge is -2.28. The zero-order valence-corrected chi connectivity index (χ0v) is 13.0. The highest BCUT2D eigenvalue weighted by molar-refractivity contribution is 9.11. The molecule has 3 nitrogen and oxygen atoms in total. The van der Waals surface area contributed by atoms with Gasteiger partial charge in [0.25, 0.3) is 5.91 Å². The summed E-state index contributed by atoms with van der Waals surface area (Å²) in [5, 5.41) is 12.7. The van der Waals surface area contributed by atoms with Crippen molar-refractivity contribution in [2.75, 3.05) is 0 Å². The van der Waals surface area contributed by atoms with Gasteiger partial charge < -0.3 is 10.4 Å². The molecule has 0 saturated heterocycles. The summed E-state index contributed by atoms with van der Waals surface area (Å²) >= 11 is 6.72. The van der Waals surface area contributed by atoms with Crippen molar-refractivity contribution in [1.29, 1.82) is 0 Å². The number of hydrogen-bond donors (Lipinski definition) is 2. The van der Waals surface area contributed by atoms with Gasteiger partial charge in [-0.2, -0.15) is 0 Å². The molecule has 2 rings (SSSR count). The highest BCUT2D eigenvalue weighted by atomic mass is 79.9. The van der Waals surface area contributed by atoms with Crippen LogP contribution < -0.4 is 5.32 Å². The Morgan fingerprint density at radius 2 is 1.78 bits per heavy atom. The van der Waals surface area contributed by atoms with Crippen LogP contribution in [0.5, 0.6) is 0 Å². The number of carbonyl (C=O) groups excluding carboxylic acids is 1. The van der Waals surface area contributed by atoms with Crippen LogP contribution in [-0.4, -0.2) is 23.2 Å². The van der Waals surface area contributed by atoms with Gasteiger partial charge in [-0.3, -0.25) is 4.79 Å². The van der Waals surface area contributed by atoms with Crippen molar-refractivity contribution in [2.24, 2.45) is 0 Å². The molecule has 0 radical (unpaired) electrons. The van der Waals surface area contributed by atoms with E-state index in [4.69, 9.17) is 0 Å². The van der Waals surface area contributed by atoms with Gasteiger partial charge in [0, 0.05) is 14.5 Å². The third kappa shape index (κ3) is 3.56. The van der Waals surface area contributed by atoms with Gasteiger partial charge in [0.05, 0.1) is 12.1 Å². The molecule has 1 aliphatic rings. The molecule has 98 valence electrons. The van der Waals surface area contributed by atoms with Crippen molar-refractivity contribution in [3.05, 3.63) is 32.7 Å². The first-order chi connectivity index (χ1) is 8.56. The Morgan fingerprint density at radius 3 is 2.39 bits per heavy atom. The van der Waals surface area contributed by atoms with Crippen molar-refractivity contribution in [2.45, 2.75) is 37.8 Å². The number of benzene rings is 1. The van der Waals surface area contributed by atoms with Gasteiger partial charge in [0.15, 0.2) is 0 Å². The van der Waals surface area contributed by atoms with Crippen LogP contribution in [0.15, 0.2) is 27.1 Å². The molecule has 5 heteroatoms. The minimum atomic E-state index is -0.418. The summed E-state index contributed by atoms with van der Waals surface area (Å²) in [6.07, 6.45) is 3.30. The van der Waals surface area contributed by atoms with Crippen LogP contribution in [0.1, 0.15) is 36.0 Å². The summed E-state index contributed by atoms with van der Waals surface area (Å²) in [6.45, 7) is 0. The first-order valence-electron chi connectivity index (χ1n) is 6.01. The molecule has 2 atom stereocenters. The molecule has 1 aromatic carbocycles. The minimum Gasteiger partial charge on any atom is -0.391 e. The van der Waals surface area contributed by atoms with Crippen LogP contribution in [0.25, 0.3) is 0 Å². The first kappa shape index (κ1) is 14.0. The molecule has 0 aliphatic heterocycles. The molecule has 0 unspecified atom stereocenters. The number of aliphatic hydroxyl groups excluding tert-OH is 1. The number of rotatable bonds is 2. The Bertz CT molecular complexity index is 430. The number of hydrogen-bond acceptors (Lipinski definition) is 2. The molecule has 2 N–H and O–H groups in total. The Labute approximate surface area is 123 Å². The summed E-state index contributed by atoms with van der Waals surface area (Å²) in [4.78, 5) is 12.1. The van der Waals surface area contributed by atoms with Gasteiger partial charge in [0.1, 0.15) is 0 Å². The van der Waals surface area contributed by atoms with Crippen molar-refractivity contribution in [1.82, 2.24) is 5.32 Å². The third-order valence-corrected chi connectivity index (χ3v) is 4.09. The predicted octanol–water partition coefficient (Wildman–Crippen LogP) is 3.24. The molecule has 18 heavy (non-hydrogen) atoms. The van der Waals surface area contributed by atoms with Gasteiger partial charge in [0.2, 0.25) is 0 Å². The van der Waals surface area contributed by atoms with Gasteiger partial charge in [-0.15, -0.1) is 0 Å². The Morgan fingerprint density at radius 1 is 1.17 bits per heavy atom. The zero-order chi connectivity index (χ0) is 13.1. The van der Waals surface area contributed by atoms with Crippen molar-refractivity contribution >= 4 is 37.8 Å². The van der Waals surface area contributed by atoms with Gasteiger partial charge >= 0.3 is 0 Å². The fraction of sp³-hybridized carbons (Fsp3) is 0.462. The van der Waals surface area contributed by atoms with Crippen molar-refractivity contribution in [3.8, 4) is 0 Å². The summed E-state index contributed by atoms with van der Waals surface area (Å²) < 4.78 is 1.71. The zero-order valence-electron chi connectivity index (χ0n) is 9.83. The lowest BCUT2D eigenvalue weighted by Crippen LogP contribution is -2.45. The van der Waals surface area contributed by atoms with Crippen LogP contribution in [0, 0.1) is 0 Å². The second-order valence-electron chi connectivity index (χ2n) is 4.59. The number of aliphatic hydroxyl groups is 1. The van der Waals surface area contributed by atoms with Crippen LogP contribution in [-0.2, 0) is 0 Å². The van der Waals surface area contributed by atoms with Crippen LogP contribution >= 0.6 is 31.9 Å². The molecule has 1 aliphatic carbocycles. The normalized spacial score (nSPS) is 23.7. The molecule has 1 fully saturated rings.